The van der Waals surface area contributed by atoms with Crippen molar-refractivity contribution in [1.29, 1.82) is 0 Å². The Hall–Kier alpha value is -2.80. The van der Waals surface area contributed by atoms with E-state index in [4.69, 9.17) is 33.2 Å². The maximum absolute atomic E-state index is 6.16. The van der Waals surface area contributed by atoms with E-state index in [-0.39, 0.29) is 12.7 Å². The van der Waals surface area contributed by atoms with Crippen LogP contribution >= 0.6 is 0 Å². The zero-order valence-corrected chi connectivity index (χ0v) is 16.7. The lowest BCUT2D eigenvalue weighted by Gasteiger charge is -2.39. The molecule has 0 unspecified atom stereocenters. The second-order valence-corrected chi connectivity index (χ2v) is 6.90. The van der Waals surface area contributed by atoms with Crippen LogP contribution in [0.2, 0.25) is 0 Å². The molecule has 0 fully saturated rings. The molecule has 2 aliphatic rings. The van der Waals surface area contributed by atoms with E-state index in [1.807, 2.05) is 31.2 Å². The number of benzene rings is 2. The SMILES string of the molecule is COc1cc([C@@H]2C[C@@](C)(OC)Oc3cc4c(cc32)OCO4)cc(OC)c1OC. The molecule has 0 radical (unpaired) electrons. The Morgan fingerprint density at radius 1 is 0.857 bits per heavy atom. The zero-order chi connectivity index (χ0) is 19.9. The van der Waals surface area contributed by atoms with Gasteiger partial charge in [-0.25, -0.2) is 0 Å². The van der Waals surface area contributed by atoms with E-state index in [1.165, 1.54) is 0 Å². The van der Waals surface area contributed by atoms with E-state index in [9.17, 15) is 0 Å². The van der Waals surface area contributed by atoms with E-state index in [0.29, 0.717) is 40.9 Å². The third kappa shape index (κ3) is 2.96. The highest BCUT2D eigenvalue weighted by Gasteiger charge is 2.40. The summed E-state index contributed by atoms with van der Waals surface area (Å²) in [7, 11) is 6.45. The quantitative estimate of drug-likeness (QED) is 0.773. The molecule has 2 aromatic rings. The summed E-state index contributed by atoms with van der Waals surface area (Å²) in [6.07, 6.45) is 0.606. The maximum atomic E-state index is 6.16. The standard InChI is InChI=1S/C21H24O7/c1-21(25-5)10-14(12-6-18(22-2)20(24-4)19(7-12)23-3)13-8-16-17(27-11-26-16)9-15(13)28-21/h6-9,14H,10-11H2,1-5H3/t14-,21-/m0/s1. The highest BCUT2D eigenvalue weighted by molar-refractivity contribution is 5.59. The first-order chi connectivity index (χ1) is 13.5. The molecule has 2 aromatic carbocycles. The number of ether oxygens (including phenoxy) is 7. The van der Waals surface area contributed by atoms with Crippen LogP contribution < -0.4 is 28.4 Å². The van der Waals surface area contributed by atoms with Crippen molar-refractivity contribution in [2.45, 2.75) is 25.0 Å². The minimum Gasteiger partial charge on any atom is -0.493 e. The zero-order valence-electron chi connectivity index (χ0n) is 16.7. The molecule has 150 valence electrons. The molecule has 0 bridgehead atoms. The van der Waals surface area contributed by atoms with E-state index >= 15 is 0 Å². The highest BCUT2D eigenvalue weighted by Crippen LogP contribution is 2.51. The number of hydrogen-bond donors (Lipinski definition) is 0. The Balaban J connectivity index is 1.88. The molecule has 0 amide bonds. The fourth-order valence-electron chi connectivity index (χ4n) is 3.78. The van der Waals surface area contributed by atoms with Crippen LogP contribution in [0, 0.1) is 0 Å². The summed E-state index contributed by atoms with van der Waals surface area (Å²) < 4.78 is 39.5. The Bertz CT molecular complexity index is 870. The Morgan fingerprint density at radius 3 is 2.07 bits per heavy atom. The average Bonchev–Trinajstić information content (AvgIpc) is 3.17. The van der Waals surface area contributed by atoms with Crippen molar-refractivity contribution in [3.8, 4) is 34.5 Å². The lowest BCUT2D eigenvalue weighted by Crippen LogP contribution is -2.40. The van der Waals surface area contributed by atoms with Gasteiger partial charge in [-0.15, -0.1) is 0 Å². The molecule has 0 spiro atoms. The molecule has 0 aromatic heterocycles. The van der Waals surface area contributed by atoms with Gasteiger partial charge >= 0.3 is 0 Å². The minimum atomic E-state index is -0.786. The van der Waals surface area contributed by atoms with E-state index in [0.717, 1.165) is 11.1 Å². The molecule has 0 saturated heterocycles. The molecule has 7 heteroatoms. The first-order valence-corrected chi connectivity index (χ1v) is 8.99. The van der Waals surface area contributed by atoms with Gasteiger partial charge in [-0.2, -0.15) is 0 Å². The molecule has 28 heavy (non-hydrogen) atoms. The van der Waals surface area contributed by atoms with Crippen LogP contribution in [0.5, 0.6) is 34.5 Å². The first-order valence-electron chi connectivity index (χ1n) is 8.99. The lowest BCUT2D eigenvalue weighted by molar-refractivity contribution is -0.163. The van der Waals surface area contributed by atoms with Crippen LogP contribution in [0.3, 0.4) is 0 Å². The molecule has 2 aliphatic heterocycles. The van der Waals surface area contributed by atoms with Crippen LogP contribution in [0.25, 0.3) is 0 Å². The van der Waals surface area contributed by atoms with Crippen LogP contribution in [0.15, 0.2) is 24.3 Å². The fourth-order valence-corrected chi connectivity index (χ4v) is 3.78. The van der Waals surface area contributed by atoms with Gasteiger partial charge in [-0.05, 0) is 23.8 Å². The Labute approximate surface area is 164 Å². The number of methoxy groups -OCH3 is 4. The predicted octanol–water partition coefficient (Wildman–Crippen LogP) is 3.72. The summed E-state index contributed by atoms with van der Waals surface area (Å²) in [6.45, 7) is 2.13. The van der Waals surface area contributed by atoms with Gasteiger partial charge in [0.15, 0.2) is 23.0 Å². The highest BCUT2D eigenvalue weighted by atomic mass is 16.7. The molecule has 4 rings (SSSR count). The van der Waals surface area contributed by atoms with Crippen LogP contribution in [0.1, 0.15) is 30.4 Å². The van der Waals surface area contributed by atoms with Crippen LogP contribution in [-0.2, 0) is 4.74 Å². The number of hydrogen-bond acceptors (Lipinski definition) is 7. The topological polar surface area (TPSA) is 64.6 Å². The molecule has 0 aliphatic carbocycles. The molecular formula is C21H24O7. The lowest BCUT2D eigenvalue weighted by atomic mass is 9.82. The van der Waals surface area contributed by atoms with Gasteiger partial charge in [-0.3, -0.25) is 0 Å². The Kier molecular flexibility index (Phi) is 4.63. The summed E-state index contributed by atoms with van der Waals surface area (Å²) in [5, 5.41) is 0. The van der Waals surface area contributed by atoms with Crippen molar-refractivity contribution < 1.29 is 33.2 Å². The molecule has 2 atom stereocenters. The minimum absolute atomic E-state index is 0.0306. The molecular weight excluding hydrogens is 364 g/mol. The van der Waals surface area contributed by atoms with E-state index in [2.05, 4.69) is 0 Å². The van der Waals surface area contributed by atoms with E-state index < -0.39 is 5.79 Å². The van der Waals surface area contributed by atoms with Crippen LogP contribution in [0.4, 0.5) is 0 Å². The van der Waals surface area contributed by atoms with Gasteiger partial charge in [0, 0.05) is 38.0 Å². The van der Waals surface area contributed by atoms with Gasteiger partial charge < -0.3 is 33.2 Å². The summed E-state index contributed by atoms with van der Waals surface area (Å²) in [5.74, 6) is 3.03. The van der Waals surface area contributed by atoms with Crippen molar-refractivity contribution in [3.05, 3.63) is 35.4 Å². The van der Waals surface area contributed by atoms with Crippen LogP contribution in [-0.4, -0.2) is 41.0 Å². The van der Waals surface area contributed by atoms with Crippen molar-refractivity contribution in [1.82, 2.24) is 0 Å². The second kappa shape index (κ2) is 6.98. The third-order valence-electron chi connectivity index (χ3n) is 5.30. The number of rotatable bonds is 5. The van der Waals surface area contributed by atoms with Crippen molar-refractivity contribution in [2.24, 2.45) is 0 Å². The fraction of sp³-hybridized carbons (Fsp3) is 0.429. The smallest absolute Gasteiger partial charge is 0.231 e. The summed E-state index contributed by atoms with van der Waals surface area (Å²) in [5.41, 5.74) is 1.99. The first kappa shape index (κ1) is 18.6. The van der Waals surface area contributed by atoms with Gasteiger partial charge in [0.25, 0.3) is 0 Å². The third-order valence-corrected chi connectivity index (χ3v) is 5.30. The summed E-state index contributed by atoms with van der Waals surface area (Å²) in [6, 6.07) is 7.75. The summed E-state index contributed by atoms with van der Waals surface area (Å²) >= 11 is 0. The number of fused-ring (bicyclic) bond motifs is 2. The van der Waals surface area contributed by atoms with Gasteiger partial charge in [0.1, 0.15) is 5.75 Å². The van der Waals surface area contributed by atoms with E-state index in [1.54, 1.807) is 28.4 Å². The molecule has 0 N–H and O–H groups in total. The molecule has 7 nitrogen and oxygen atoms in total. The Morgan fingerprint density at radius 2 is 1.50 bits per heavy atom. The second-order valence-electron chi connectivity index (χ2n) is 6.90. The van der Waals surface area contributed by atoms with Gasteiger partial charge in [-0.1, -0.05) is 0 Å². The largest absolute Gasteiger partial charge is 0.493 e. The van der Waals surface area contributed by atoms with Gasteiger partial charge in [0.05, 0.1) is 21.3 Å². The van der Waals surface area contributed by atoms with Crippen molar-refractivity contribution in [2.75, 3.05) is 35.2 Å². The molecule has 0 saturated carbocycles. The summed E-state index contributed by atoms with van der Waals surface area (Å²) in [4.78, 5) is 0. The van der Waals surface area contributed by atoms with Crippen molar-refractivity contribution >= 4 is 0 Å². The van der Waals surface area contributed by atoms with Gasteiger partial charge in [0.2, 0.25) is 18.3 Å². The monoisotopic (exact) mass is 388 g/mol. The molecule has 2 heterocycles. The van der Waals surface area contributed by atoms with Crippen molar-refractivity contribution in [3.63, 3.8) is 0 Å². The average molecular weight is 388 g/mol. The maximum Gasteiger partial charge on any atom is 0.231 e. The predicted molar refractivity (Wildman–Crippen MR) is 101 cm³/mol. The normalized spacial score (nSPS) is 22.2.